The fourth-order valence-electron chi connectivity index (χ4n) is 1.17. The van der Waals surface area contributed by atoms with Crippen molar-refractivity contribution in [3.8, 4) is 0 Å². The summed E-state index contributed by atoms with van der Waals surface area (Å²) < 4.78 is 5.16. The number of hydrogen-bond donors (Lipinski definition) is 0. The van der Waals surface area contributed by atoms with E-state index in [-0.39, 0.29) is 5.97 Å². The largest absolute Gasteiger partial charge is 0.455 e. The van der Waals surface area contributed by atoms with Gasteiger partial charge in [-0.05, 0) is 31.5 Å². The third-order valence-corrected chi connectivity index (χ3v) is 1.77. The van der Waals surface area contributed by atoms with Crippen molar-refractivity contribution in [3.05, 3.63) is 30.1 Å². The Balaban J connectivity index is 2.87. The highest BCUT2D eigenvalue weighted by atomic mass is 16.6. The van der Waals surface area contributed by atoms with Gasteiger partial charge in [-0.15, -0.1) is 0 Å². The zero-order chi connectivity index (χ0) is 9.90. The van der Waals surface area contributed by atoms with E-state index in [0.717, 1.165) is 5.56 Å². The van der Waals surface area contributed by atoms with Crippen molar-refractivity contribution in [1.82, 2.24) is 4.98 Å². The molecule has 3 nitrogen and oxygen atoms in total. The van der Waals surface area contributed by atoms with Crippen molar-refractivity contribution in [1.29, 1.82) is 0 Å². The van der Waals surface area contributed by atoms with E-state index in [9.17, 15) is 4.79 Å². The average Bonchev–Trinajstić information content (AvgIpc) is 2.04. The van der Waals surface area contributed by atoms with Crippen LogP contribution in [0.4, 0.5) is 0 Å². The van der Waals surface area contributed by atoms with Crippen LogP contribution in [0.3, 0.4) is 0 Å². The molecule has 0 atom stereocenters. The molecule has 0 bridgehead atoms. The molecular formula is C10H13NO2. The van der Waals surface area contributed by atoms with E-state index >= 15 is 0 Å². The van der Waals surface area contributed by atoms with Crippen LogP contribution in [0, 0.1) is 0 Å². The van der Waals surface area contributed by atoms with E-state index in [1.807, 2.05) is 26.0 Å². The topological polar surface area (TPSA) is 39.2 Å². The molecule has 1 heterocycles. The van der Waals surface area contributed by atoms with E-state index in [1.165, 1.54) is 6.92 Å². The highest BCUT2D eigenvalue weighted by molar-refractivity contribution is 5.66. The summed E-state index contributed by atoms with van der Waals surface area (Å²) in [6.07, 6.45) is 3.36. The first-order valence-corrected chi connectivity index (χ1v) is 4.12. The predicted molar refractivity (Wildman–Crippen MR) is 49.0 cm³/mol. The monoisotopic (exact) mass is 179 g/mol. The number of carbonyl (C=O) groups is 1. The second kappa shape index (κ2) is 3.56. The maximum atomic E-state index is 10.8. The van der Waals surface area contributed by atoms with E-state index in [1.54, 1.807) is 12.4 Å². The summed E-state index contributed by atoms with van der Waals surface area (Å²) in [5.41, 5.74) is 0.368. The molecule has 0 aromatic carbocycles. The van der Waals surface area contributed by atoms with Crippen LogP contribution < -0.4 is 0 Å². The number of ether oxygens (including phenoxy) is 1. The lowest BCUT2D eigenvalue weighted by molar-refractivity contribution is -0.154. The summed E-state index contributed by atoms with van der Waals surface area (Å²) >= 11 is 0. The summed E-state index contributed by atoms with van der Waals surface area (Å²) in [6, 6.07) is 3.67. The molecule has 0 aliphatic heterocycles. The molecule has 0 unspecified atom stereocenters. The average molecular weight is 179 g/mol. The van der Waals surface area contributed by atoms with Crippen LogP contribution in [-0.4, -0.2) is 11.0 Å². The van der Waals surface area contributed by atoms with Crippen molar-refractivity contribution < 1.29 is 9.53 Å². The molecule has 0 fully saturated rings. The first kappa shape index (κ1) is 9.71. The molecule has 0 saturated carbocycles. The van der Waals surface area contributed by atoms with Crippen molar-refractivity contribution >= 4 is 5.97 Å². The van der Waals surface area contributed by atoms with Crippen LogP contribution in [0.25, 0.3) is 0 Å². The summed E-state index contributed by atoms with van der Waals surface area (Å²) in [5.74, 6) is -0.276. The van der Waals surface area contributed by atoms with E-state index in [0.29, 0.717) is 0 Å². The smallest absolute Gasteiger partial charge is 0.303 e. The Morgan fingerprint density at radius 3 is 2.38 bits per heavy atom. The Hall–Kier alpha value is -1.38. The second-order valence-electron chi connectivity index (χ2n) is 3.34. The number of hydrogen-bond acceptors (Lipinski definition) is 3. The van der Waals surface area contributed by atoms with E-state index in [4.69, 9.17) is 4.74 Å². The third-order valence-electron chi connectivity index (χ3n) is 1.77. The Bertz CT molecular complexity index is 293. The molecule has 0 aliphatic rings. The molecule has 13 heavy (non-hydrogen) atoms. The maximum Gasteiger partial charge on any atom is 0.303 e. The van der Waals surface area contributed by atoms with Crippen LogP contribution in [0.5, 0.6) is 0 Å². The van der Waals surface area contributed by atoms with Crippen molar-refractivity contribution in [3.63, 3.8) is 0 Å². The molecular weight excluding hydrogens is 166 g/mol. The van der Waals surface area contributed by atoms with Crippen LogP contribution in [0.15, 0.2) is 24.5 Å². The van der Waals surface area contributed by atoms with Gasteiger partial charge in [0, 0.05) is 19.3 Å². The molecule has 0 spiro atoms. The van der Waals surface area contributed by atoms with Crippen LogP contribution >= 0.6 is 0 Å². The van der Waals surface area contributed by atoms with Gasteiger partial charge in [0.25, 0.3) is 0 Å². The lowest BCUT2D eigenvalue weighted by Crippen LogP contribution is -2.24. The van der Waals surface area contributed by atoms with Gasteiger partial charge >= 0.3 is 5.97 Å². The number of esters is 1. The third kappa shape index (κ3) is 2.54. The minimum atomic E-state index is -0.575. The molecule has 0 radical (unpaired) electrons. The molecule has 1 aromatic heterocycles. The fourth-order valence-corrected chi connectivity index (χ4v) is 1.17. The summed E-state index contributed by atoms with van der Waals surface area (Å²) in [7, 11) is 0. The quantitative estimate of drug-likeness (QED) is 0.651. The summed E-state index contributed by atoms with van der Waals surface area (Å²) in [4.78, 5) is 14.7. The van der Waals surface area contributed by atoms with Crippen LogP contribution in [0.1, 0.15) is 26.3 Å². The minimum absolute atomic E-state index is 0.276. The zero-order valence-corrected chi connectivity index (χ0v) is 8.07. The first-order chi connectivity index (χ1) is 6.02. The lowest BCUT2D eigenvalue weighted by Gasteiger charge is -2.24. The van der Waals surface area contributed by atoms with Gasteiger partial charge in [0.1, 0.15) is 5.60 Å². The van der Waals surface area contributed by atoms with Gasteiger partial charge in [0.15, 0.2) is 0 Å². The highest BCUT2D eigenvalue weighted by Gasteiger charge is 2.23. The Kier molecular flexibility index (Phi) is 2.66. The molecule has 0 aliphatic carbocycles. The number of nitrogens with zero attached hydrogens (tertiary/aromatic N) is 1. The zero-order valence-electron chi connectivity index (χ0n) is 8.07. The van der Waals surface area contributed by atoms with Crippen LogP contribution in [0.2, 0.25) is 0 Å². The lowest BCUT2D eigenvalue weighted by atomic mass is 10.00. The van der Waals surface area contributed by atoms with Gasteiger partial charge in [0.2, 0.25) is 0 Å². The SMILES string of the molecule is CC(=O)OC(C)(C)c1ccncc1. The first-order valence-electron chi connectivity index (χ1n) is 4.12. The molecule has 70 valence electrons. The molecule has 0 saturated heterocycles. The Labute approximate surface area is 77.8 Å². The van der Waals surface area contributed by atoms with Gasteiger partial charge in [-0.1, -0.05) is 0 Å². The number of aromatic nitrogens is 1. The van der Waals surface area contributed by atoms with E-state index < -0.39 is 5.60 Å². The van der Waals surface area contributed by atoms with E-state index in [2.05, 4.69) is 4.98 Å². The Morgan fingerprint density at radius 2 is 1.92 bits per heavy atom. The number of pyridine rings is 1. The van der Waals surface area contributed by atoms with Crippen molar-refractivity contribution in [2.75, 3.05) is 0 Å². The predicted octanol–water partition coefficient (Wildman–Crippen LogP) is 1.88. The van der Waals surface area contributed by atoms with Crippen LogP contribution in [-0.2, 0) is 15.1 Å². The molecule has 1 aromatic rings. The normalized spacial score (nSPS) is 11.0. The second-order valence-corrected chi connectivity index (χ2v) is 3.34. The Morgan fingerprint density at radius 1 is 1.38 bits per heavy atom. The molecule has 0 amide bonds. The van der Waals surface area contributed by atoms with Gasteiger partial charge < -0.3 is 4.74 Å². The van der Waals surface area contributed by atoms with Crippen molar-refractivity contribution in [2.24, 2.45) is 0 Å². The molecule has 1 rings (SSSR count). The number of carbonyl (C=O) groups excluding carboxylic acids is 1. The maximum absolute atomic E-state index is 10.8. The molecule has 3 heteroatoms. The van der Waals surface area contributed by atoms with Gasteiger partial charge in [-0.2, -0.15) is 0 Å². The van der Waals surface area contributed by atoms with Crippen molar-refractivity contribution in [2.45, 2.75) is 26.4 Å². The van der Waals surface area contributed by atoms with Gasteiger partial charge in [-0.3, -0.25) is 9.78 Å². The standard InChI is InChI=1S/C10H13NO2/c1-8(12)13-10(2,3)9-4-6-11-7-5-9/h4-7H,1-3H3. The van der Waals surface area contributed by atoms with Gasteiger partial charge in [0.05, 0.1) is 0 Å². The summed E-state index contributed by atoms with van der Waals surface area (Å²) in [5, 5.41) is 0. The summed E-state index contributed by atoms with van der Waals surface area (Å²) in [6.45, 7) is 5.11. The number of rotatable bonds is 2. The minimum Gasteiger partial charge on any atom is -0.455 e. The fraction of sp³-hybridized carbons (Fsp3) is 0.400. The highest BCUT2D eigenvalue weighted by Crippen LogP contribution is 2.23. The van der Waals surface area contributed by atoms with Gasteiger partial charge in [-0.25, -0.2) is 0 Å². The molecule has 0 N–H and O–H groups in total.